The zero-order valence-corrected chi connectivity index (χ0v) is 21.8. The minimum atomic E-state index is -4.53. The molecule has 0 unspecified atom stereocenters. The first-order valence-corrected chi connectivity index (χ1v) is 12.6. The molecule has 4 aromatic rings. The molecule has 2 N–H and O–H groups in total. The summed E-state index contributed by atoms with van der Waals surface area (Å²) < 4.78 is 67.4. The van der Waals surface area contributed by atoms with E-state index in [9.17, 15) is 22.4 Å². The van der Waals surface area contributed by atoms with E-state index in [1.807, 2.05) is 11.9 Å². The Bertz CT molecular complexity index is 1500. The van der Waals surface area contributed by atoms with E-state index in [0.29, 0.717) is 35.4 Å². The van der Waals surface area contributed by atoms with E-state index in [-0.39, 0.29) is 36.1 Å². The summed E-state index contributed by atoms with van der Waals surface area (Å²) in [7, 11) is 3.33. The van der Waals surface area contributed by atoms with Gasteiger partial charge in [-0.25, -0.2) is 4.39 Å². The van der Waals surface area contributed by atoms with Gasteiger partial charge in [0, 0.05) is 29.7 Å². The zero-order chi connectivity index (χ0) is 28.4. The van der Waals surface area contributed by atoms with Gasteiger partial charge in [0.2, 0.25) is 5.89 Å². The van der Waals surface area contributed by atoms with Crippen LogP contribution in [0.4, 0.5) is 23.2 Å². The van der Waals surface area contributed by atoms with Crippen molar-refractivity contribution in [2.75, 3.05) is 32.6 Å². The van der Waals surface area contributed by atoms with E-state index >= 15 is 0 Å². The molecular formula is C27H28F4N6O3. The standard InChI is InChI=1S/C27H28F4N6O3/c1-36-10-9-21(19(28)14-36)33-20-7-4-8-22-18(20)12-23(37(22)15-27(29,30)31)26-35-34-24(40-26)13-32-25(38)16-5-3-6-17(11-16)39-2/h3-8,11-12,19,21,33H,9-10,13-15H2,1-2H3,(H,32,38)/t19-,21+/m0/s1. The molecule has 1 saturated heterocycles. The van der Waals surface area contributed by atoms with E-state index in [2.05, 4.69) is 20.8 Å². The Morgan fingerprint density at radius 1 is 1.18 bits per heavy atom. The molecule has 2 atom stereocenters. The number of benzene rings is 2. The molecular weight excluding hydrogens is 532 g/mol. The molecule has 40 heavy (non-hydrogen) atoms. The number of nitrogens with one attached hydrogen (secondary N) is 2. The van der Waals surface area contributed by atoms with E-state index in [1.165, 1.54) is 13.2 Å². The van der Waals surface area contributed by atoms with Crippen molar-refractivity contribution in [1.82, 2.24) is 25.0 Å². The molecule has 0 aliphatic carbocycles. The van der Waals surface area contributed by atoms with Gasteiger partial charge in [-0.1, -0.05) is 12.1 Å². The molecule has 3 heterocycles. The van der Waals surface area contributed by atoms with Crippen LogP contribution in [0.15, 0.2) is 52.9 Å². The first kappa shape index (κ1) is 27.4. The van der Waals surface area contributed by atoms with Crippen LogP contribution in [-0.4, -0.2) is 71.2 Å². The molecule has 1 aliphatic heterocycles. The first-order valence-electron chi connectivity index (χ1n) is 12.6. The highest BCUT2D eigenvalue weighted by Gasteiger charge is 2.32. The number of methoxy groups -OCH3 is 1. The number of aromatic nitrogens is 3. The lowest BCUT2D eigenvalue weighted by Gasteiger charge is -2.33. The minimum Gasteiger partial charge on any atom is -0.497 e. The van der Waals surface area contributed by atoms with Gasteiger partial charge in [0.1, 0.15) is 24.2 Å². The lowest BCUT2D eigenvalue weighted by Crippen LogP contribution is -2.46. The summed E-state index contributed by atoms with van der Waals surface area (Å²) in [5.41, 5.74) is 1.21. The van der Waals surface area contributed by atoms with Crippen LogP contribution in [0.25, 0.3) is 22.5 Å². The highest BCUT2D eigenvalue weighted by Crippen LogP contribution is 2.35. The number of hydrogen-bond acceptors (Lipinski definition) is 7. The Morgan fingerprint density at radius 3 is 2.73 bits per heavy atom. The predicted octanol–water partition coefficient (Wildman–Crippen LogP) is 4.65. The van der Waals surface area contributed by atoms with E-state index in [1.54, 1.807) is 42.5 Å². The summed E-state index contributed by atoms with van der Waals surface area (Å²) in [5, 5.41) is 14.2. The molecule has 1 aliphatic rings. The molecule has 0 bridgehead atoms. The number of rotatable bonds is 8. The third kappa shape index (κ3) is 6.03. The normalized spacial score (nSPS) is 18.1. The Morgan fingerprint density at radius 2 is 1.98 bits per heavy atom. The minimum absolute atomic E-state index is 0.0139. The lowest BCUT2D eigenvalue weighted by atomic mass is 10.0. The van der Waals surface area contributed by atoms with Crippen LogP contribution in [0, 0.1) is 0 Å². The van der Waals surface area contributed by atoms with Crippen molar-refractivity contribution >= 4 is 22.5 Å². The fourth-order valence-electron chi connectivity index (χ4n) is 4.81. The summed E-state index contributed by atoms with van der Waals surface area (Å²) in [5.74, 6) is -0.0303. The first-order chi connectivity index (χ1) is 19.1. The molecule has 13 heteroatoms. The van der Waals surface area contributed by atoms with E-state index in [4.69, 9.17) is 9.15 Å². The molecule has 1 fully saturated rings. The van der Waals surface area contributed by atoms with Gasteiger partial charge in [0.05, 0.1) is 25.2 Å². The summed E-state index contributed by atoms with van der Waals surface area (Å²) in [4.78, 5) is 14.4. The van der Waals surface area contributed by atoms with Gasteiger partial charge in [-0.15, -0.1) is 10.2 Å². The van der Waals surface area contributed by atoms with Crippen molar-refractivity contribution in [3.05, 3.63) is 60.0 Å². The van der Waals surface area contributed by atoms with Crippen LogP contribution in [-0.2, 0) is 13.1 Å². The fourth-order valence-corrected chi connectivity index (χ4v) is 4.81. The molecule has 212 valence electrons. The van der Waals surface area contributed by atoms with Crippen molar-refractivity contribution in [2.45, 2.75) is 37.9 Å². The number of piperidine rings is 1. The van der Waals surface area contributed by atoms with Gasteiger partial charge in [-0.3, -0.25) is 4.79 Å². The summed E-state index contributed by atoms with van der Waals surface area (Å²) in [6.07, 6.45) is -5.11. The van der Waals surface area contributed by atoms with Gasteiger partial charge < -0.3 is 29.3 Å². The largest absolute Gasteiger partial charge is 0.497 e. The van der Waals surface area contributed by atoms with Crippen LogP contribution < -0.4 is 15.4 Å². The number of anilines is 1. The highest BCUT2D eigenvalue weighted by atomic mass is 19.4. The second-order valence-electron chi connectivity index (χ2n) is 9.70. The Balaban J connectivity index is 1.41. The maximum Gasteiger partial charge on any atom is 0.406 e. The quantitative estimate of drug-likeness (QED) is 0.303. The number of carbonyl (C=O) groups is 1. The number of alkyl halides is 4. The van der Waals surface area contributed by atoms with Crippen LogP contribution in [0.5, 0.6) is 5.75 Å². The molecule has 5 rings (SSSR count). The molecule has 9 nitrogen and oxygen atoms in total. The summed E-state index contributed by atoms with van der Waals surface area (Å²) in [6, 6.07) is 12.5. The molecule has 0 radical (unpaired) electrons. The van der Waals surface area contributed by atoms with Gasteiger partial charge in [-0.2, -0.15) is 13.2 Å². The number of fused-ring (bicyclic) bond motifs is 1. The number of likely N-dealkylation sites (tertiary alicyclic amines) is 1. The van der Waals surface area contributed by atoms with Crippen molar-refractivity contribution in [2.24, 2.45) is 0 Å². The van der Waals surface area contributed by atoms with Crippen molar-refractivity contribution in [3.8, 4) is 17.3 Å². The van der Waals surface area contributed by atoms with Gasteiger partial charge in [0.15, 0.2) is 0 Å². The number of halogens is 4. The van der Waals surface area contributed by atoms with Crippen molar-refractivity contribution in [1.29, 1.82) is 0 Å². The predicted molar refractivity (Wildman–Crippen MR) is 140 cm³/mol. The summed E-state index contributed by atoms with van der Waals surface area (Å²) in [6.45, 7) is -0.455. The highest BCUT2D eigenvalue weighted by molar-refractivity contribution is 5.96. The average Bonchev–Trinajstić information content (AvgIpc) is 3.53. The van der Waals surface area contributed by atoms with Crippen LogP contribution in [0.1, 0.15) is 22.7 Å². The van der Waals surface area contributed by atoms with Crippen LogP contribution in [0.2, 0.25) is 0 Å². The SMILES string of the molecule is COc1cccc(C(=O)NCc2nnc(-c3cc4c(N[C@@H]5CCN(C)C[C@@H]5F)cccc4n3CC(F)(F)F)o2)c1. The Kier molecular flexibility index (Phi) is 7.66. The van der Waals surface area contributed by atoms with Gasteiger partial charge in [-0.05, 0) is 49.9 Å². The maximum atomic E-state index is 14.7. The topological polar surface area (TPSA) is 97.5 Å². The number of hydrogen-bond donors (Lipinski definition) is 2. The fraction of sp³-hybridized carbons (Fsp3) is 0.370. The van der Waals surface area contributed by atoms with E-state index < -0.39 is 30.8 Å². The van der Waals surface area contributed by atoms with Crippen molar-refractivity contribution < 1.29 is 31.5 Å². The molecule has 2 aromatic heterocycles. The average molecular weight is 561 g/mol. The molecule has 0 saturated carbocycles. The van der Waals surface area contributed by atoms with Crippen LogP contribution in [0.3, 0.4) is 0 Å². The van der Waals surface area contributed by atoms with Crippen LogP contribution >= 0.6 is 0 Å². The Labute approximate surface area is 227 Å². The molecule has 2 aromatic carbocycles. The Hall–Kier alpha value is -4.13. The number of carbonyl (C=O) groups excluding carboxylic acids is 1. The number of ether oxygens (including phenoxy) is 1. The smallest absolute Gasteiger partial charge is 0.406 e. The van der Waals surface area contributed by atoms with Gasteiger partial charge >= 0.3 is 6.18 Å². The second kappa shape index (κ2) is 11.2. The second-order valence-corrected chi connectivity index (χ2v) is 9.70. The summed E-state index contributed by atoms with van der Waals surface area (Å²) >= 11 is 0. The molecule has 1 amide bonds. The zero-order valence-electron chi connectivity index (χ0n) is 21.8. The van der Waals surface area contributed by atoms with Gasteiger partial charge in [0.25, 0.3) is 11.8 Å². The monoisotopic (exact) mass is 560 g/mol. The van der Waals surface area contributed by atoms with E-state index in [0.717, 1.165) is 4.57 Å². The third-order valence-corrected chi connectivity index (χ3v) is 6.79. The molecule has 0 spiro atoms. The van der Waals surface area contributed by atoms with Crippen molar-refractivity contribution in [3.63, 3.8) is 0 Å². The lowest BCUT2D eigenvalue weighted by molar-refractivity contribution is -0.139. The third-order valence-electron chi connectivity index (χ3n) is 6.79. The maximum absolute atomic E-state index is 14.7. The number of nitrogens with zero attached hydrogens (tertiary/aromatic N) is 4. The number of amides is 1.